The van der Waals surface area contributed by atoms with Gasteiger partial charge in [-0.2, -0.15) is 17.5 Å². The molecule has 2 heterocycles. The van der Waals surface area contributed by atoms with Crippen LogP contribution in [0.4, 0.5) is 13.2 Å². The second-order valence-electron chi connectivity index (χ2n) is 6.36. The summed E-state index contributed by atoms with van der Waals surface area (Å²) >= 11 is 0. The zero-order valence-corrected chi connectivity index (χ0v) is 15.6. The van der Waals surface area contributed by atoms with Gasteiger partial charge in [0.25, 0.3) is 0 Å². The number of pyridine rings is 1. The minimum Gasteiger partial charge on any atom is -0.473 e. The number of carbonyl (C=O) groups is 1. The maximum atomic E-state index is 12.8. The van der Waals surface area contributed by atoms with E-state index in [0.29, 0.717) is 6.42 Å². The van der Waals surface area contributed by atoms with Gasteiger partial charge in [-0.05, 0) is 31.5 Å². The summed E-state index contributed by atoms with van der Waals surface area (Å²) in [7, 11) is -3.85. The van der Waals surface area contributed by atoms with Crippen LogP contribution in [-0.4, -0.2) is 42.7 Å². The van der Waals surface area contributed by atoms with Crippen LogP contribution >= 0.6 is 0 Å². The third kappa shape index (κ3) is 4.33. The summed E-state index contributed by atoms with van der Waals surface area (Å²) in [6, 6.07) is 7.33. The summed E-state index contributed by atoms with van der Waals surface area (Å²) in [5.74, 6) is -0.465. The number of ether oxygens (including phenoxy) is 1. The highest BCUT2D eigenvalue weighted by atomic mass is 32.2. The van der Waals surface area contributed by atoms with E-state index in [4.69, 9.17) is 4.74 Å². The first-order chi connectivity index (χ1) is 13.1. The molecule has 0 N–H and O–H groups in total. The van der Waals surface area contributed by atoms with Crippen LogP contribution in [0.3, 0.4) is 0 Å². The van der Waals surface area contributed by atoms with Crippen molar-refractivity contribution in [1.29, 1.82) is 0 Å². The van der Waals surface area contributed by atoms with Gasteiger partial charge < -0.3 is 4.74 Å². The molecule has 150 valence electrons. The Morgan fingerprint density at radius 1 is 1.25 bits per heavy atom. The Morgan fingerprint density at radius 3 is 2.68 bits per heavy atom. The molecule has 28 heavy (non-hydrogen) atoms. The summed E-state index contributed by atoms with van der Waals surface area (Å²) in [6.45, 7) is 1.47. The lowest BCUT2D eigenvalue weighted by molar-refractivity contribution is -0.137. The third-order valence-corrected chi connectivity index (χ3v) is 6.20. The molecule has 6 nitrogen and oxygen atoms in total. The van der Waals surface area contributed by atoms with Gasteiger partial charge >= 0.3 is 6.18 Å². The number of aromatic nitrogens is 1. The van der Waals surface area contributed by atoms with E-state index < -0.39 is 27.9 Å². The average Bonchev–Trinajstić information content (AvgIpc) is 3.10. The fourth-order valence-electron chi connectivity index (χ4n) is 2.86. The van der Waals surface area contributed by atoms with E-state index in [9.17, 15) is 26.4 Å². The highest BCUT2D eigenvalue weighted by Gasteiger charge is 2.35. The predicted molar refractivity (Wildman–Crippen MR) is 93.5 cm³/mol. The summed E-state index contributed by atoms with van der Waals surface area (Å²) in [4.78, 5) is 15.2. The van der Waals surface area contributed by atoms with Gasteiger partial charge in [-0.1, -0.05) is 12.1 Å². The zero-order chi connectivity index (χ0) is 20.5. The molecule has 1 aliphatic heterocycles. The smallest absolute Gasteiger partial charge is 0.416 e. The first kappa shape index (κ1) is 20.3. The number of Topliss-reactive ketones (excluding diaryl/α,β-unsaturated/α-hetero) is 1. The second-order valence-corrected chi connectivity index (χ2v) is 8.29. The molecule has 0 bridgehead atoms. The Hall–Kier alpha value is -2.46. The number of rotatable bonds is 5. The topological polar surface area (TPSA) is 76.6 Å². The van der Waals surface area contributed by atoms with E-state index in [1.807, 2.05) is 0 Å². The van der Waals surface area contributed by atoms with E-state index in [1.165, 1.54) is 35.5 Å². The third-order valence-electron chi connectivity index (χ3n) is 4.34. The number of hydrogen-bond donors (Lipinski definition) is 0. The molecule has 1 fully saturated rings. The van der Waals surface area contributed by atoms with Crippen molar-refractivity contribution in [2.24, 2.45) is 0 Å². The van der Waals surface area contributed by atoms with Gasteiger partial charge in [0.05, 0.1) is 17.0 Å². The van der Waals surface area contributed by atoms with Gasteiger partial charge in [0.1, 0.15) is 6.10 Å². The Bertz CT molecular complexity index is 992. The molecule has 1 saturated heterocycles. The first-order valence-electron chi connectivity index (χ1n) is 8.38. The highest BCUT2D eigenvalue weighted by Crippen LogP contribution is 2.31. The van der Waals surface area contributed by atoms with Crippen molar-refractivity contribution in [3.8, 4) is 5.88 Å². The largest absolute Gasteiger partial charge is 0.473 e. The van der Waals surface area contributed by atoms with Crippen LogP contribution in [0.5, 0.6) is 5.88 Å². The molecule has 0 radical (unpaired) electrons. The van der Waals surface area contributed by atoms with E-state index in [1.54, 1.807) is 0 Å². The quantitative estimate of drug-likeness (QED) is 0.703. The van der Waals surface area contributed by atoms with Crippen molar-refractivity contribution in [3.63, 3.8) is 0 Å². The van der Waals surface area contributed by atoms with Gasteiger partial charge in [-0.15, -0.1) is 0 Å². The van der Waals surface area contributed by atoms with Crippen LogP contribution in [0.2, 0.25) is 0 Å². The van der Waals surface area contributed by atoms with Gasteiger partial charge in [0, 0.05) is 24.4 Å². The Labute approximate surface area is 160 Å². The normalized spacial score (nSPS) is 18.2. The number of ketones is 1. The van der Waals surface area contributed by atoms with Crippen LogP contribution in [-0.2, 0) is 16.2 Å². The Balaban J connectivity index is 1.73. The van der Waals surface area contributed by atoms with Crippen LogP contribution < -0.4 is 4.74 Å². The molecule has 1 aliphatic rings. The molecular formula is C18H17F3N2O4S. The average molecular weight is 414 g/mol. The zero-order valence-electron chi connectivity index (χ0n) is 14.8. The Kier molecular flexibility index (Phi) is 5.44. The lowest BCUT2D eigenvalue weighted by atomic mass is 10.2. The van der Waals surface area contributed by atoms with E-state index in [2.05, 4.69) is 4.98 Å². The Morgan fingerprint density at radius 2 is 2.00 bits per heavy atom. The second kappa shape index (κ2) is 7.51. The number of alkyl halides is 3. The number of nitrogens with zero attached hydrogens (tertiary/aromatic N) is 2. The van der Waals surface area contributed by atoms with E-state index in [-0.39, 0.29) is 35.2 Å². The molecule has 2 aromatic rings. The number of sulfonamides is 1. The van der Waals surface area contributed by atoms with E-state index >= 15 is 0 Å². The fraction of sp³-hybridized carbons (Fsp3) is 0.333. The first-order valence-corrected chi connectivity index (χ1v) is 9.82. The minimum atomic E-state index is -4.52. The lowest BCUT2D eigenvalue weighted by Gasteiger charge is -2.17. The van der Waals surface area contributed by atoms with Crippen LogP contribution in [0.15, 0.2) is 47.5 Å². The lowest BCUT2D eigenvalue weighted by Crippen LogP contribution is -2.31. The summed E-state index contributed by atoms with van der Waals surface area (Å²) in [5, 5.41) is 0. The molecule has 0 spiro atoms. The summed E-state index contributed by atoms with van der Waals surface area (Å²) in [5.41, 5.74) is -0.609. The van der Waals surface area contributed by atoms with Gasteiger partial charge in [-0.25, -0.2) is 13.4 Å². The molecule has 0 saturated carbocycles. The van der Waals surface area contributed by atoms with Crippen LogP contribution in [0, 0.1) is 0 Å². The minimum absolute atomic E-state index is 0.0157. The van der Waals surface area contributed by atoms with Crippen molar-refractivity contribution >= 4 is 15.8 Å². The molecular weight excluding hydrogens is 397 g/mol. The van der Waals surface area contributed by atoms with Crippen molar-refractivity contribution in [3.05, 3.63) is 53.7 Å². The number of halogens is 3. The number of carbonyl (C=O) groups excluding carboxylic acids is 1. The van der Waals surface area contributed by atoms with E-state index in [0.717, 1.165) is 18.3 Å². The van der Waals surface area contributed by atoms with Crippen LogP contribution in [0.25, 0.3) is 0 Å². The molecule has 0 aliphatic carbocycles. The maximum absolute atomic E-state index is 12.8. The summed E-state index contributed by atoms with van der Waals surface area (Å²) < 4.78 is 70.6. The molecule has 3 rings (SSSR count). The molecule has 1 aromatic heterocycles. The monoisotopic (exact) mass is 414 g/mol. The maximum Gasteiger partial charge on any atom is 0.416 e. The fourth-order valence-corrected chi connectivity index (χ4v) is 4.39. The van der Waals surface area contributed by atoms with Crippen molar-refractivity contribution in [1.82, 2.24) is 9.29 Å². The van der Waals surface area contributed by atoms with Crippen molar-refractivity contribution in [2.45, 2.75) is 30.5 Å². The SMILES string of the molecule is CC(=O)c1cccc(S(=O)(=O)N2CCC(Oc3cc(C(F)(F)F)ccn3)C2)c1. The van der Waals surface area contributed by atoms with Gasteiger partial charge in [-0.3, -0.25) is 4.79 Å². The molecule has 1 unspecified atom stereocenters. The predicted octanol–water partition coefficient (Wildman–Crippen LogP) is 3.15. The standard InChI is InChI=1S/C18H17F3N2O4S/c1-12(24)13-3-2-4-16(9-13)28(25,26)23-8-6-15(11-23)27-17-10-14(5-7-22-17)18(19,20)21/h2-5,7,9-10,15H,6,8,11H2,1H3. The summed E-state index contributed by atoms with van der Waals surface area (Å²) in [6.07, 6.45) is -3.84. The van der Waals surface area contributed by atoms with Crippen molar-refractivity contribution < 1.29 is 31.1 Å². The van der Waals surface area contributed by atoms with Crippen LogP contribution in [0.1, 0.15) is 29.3 Å². The van der Waals surface area contributed by atoms with Gasteiger partial charge in [0.2, 0.25) is 15.9 Å². The number of hydrogen-bond acceptors (Lipinski definition) is 5. The highest BCUT2D eigenvalue weighted by molar-refractivity contribution is 7.89. The van der Waals surface area contributed by atoms with Crippen molar-refractivity contribution in [2.75, 3.05) is 13.1 Å². The number of benzene rings is 1. The van der Waals surface area contributed by atoms with Gasteiger partial charge in [0.15, 0.2) is 5.78 Å². The molecule has 1 aromatic carbocycles. The molecule has 10 heteroatoms. The molecule has 1 atom stereocenters. The molecule has 0 amide bonds.